The molecule has 0 saturated heterocycles. The van der Waals surface area contributed by atoms with Gasteiger partial charge in [0.25, 0.3) is 0 Å². The summed E-state index contributed by atoms with van der Waals surface area (Å²) in [6.07, 6.45) is -1.93. The topological polar surface area (TPSA) is 71.0 Å². The van der Waals surface area contributed by atoms with Crippen molar-refractivity contribution in [2.75, 3.05) is 20.1 Å². The van der Waals surface area contributed by atoms with Crippen LogP contribution in [0.2, 0.25) is 0 Å². The number of nitrogens with zero attached hydrogens (tertiary/aromatic N) is 1. The SMILES string of the molecule is CNCCN(C(=O)OC(C)(C)C)C(O)OC(C)(C)C. The van der Waals surface area contributed by atoms with Gasteiger partial charge < -0.3 is 19.9 Å². The first-order valence-electron chi connectivity index (χ1n) is 6.46. The molecule has 0 spiro atoms. The third-order valence-corrected chi connectivity index (χ3v) is 1.96. The third-order valence-electron chi connectivity index (χ3n) is 1.96. The second-order valence-corrected chi connectivity index (χ2v) is 6.33. The van der Waals surface area contributed by atoms with Crippen LogP contribution < -0.4 is 5.32 Å². The zero-order valence-electron chi connectivity index (χ0n) is 13.1. The molecule has 0 saturated carbocycles. The summed E-state index contributed by atoms with van der Waals surface area (Å²) in [5, 5.41) is 12.9. The van der Waals surface area contributed by atoms with Crippen molar-refractivity contribution in [1.29, 1.82) is 0 Å². The second-order valence-electron chi connectivity index (χ2n) is 6.33. The summed E-state index contributed by atoms with van der Waals surface area (Å²) in [6, 6.07) is 0. The third kappa shape index (κ3) is 8.80. The summed E-state index contributed by atoms with van der Waals surface area (Å²) >= 11 is 0. The van der Waals surface area contributed by atoms with Crippen molar-refractivity contribution in [2.24, 2.45) is 0 Å². The first kappa shape index (κ1) is 18.1. The van der Waals surface area contributed by atoms with Crippen LogP contribution in [0.25, 0.3) is 0 Å². The number of ether oxygens (including phenoxy) is 2. The van der Waals surface area contributed by atoms with Gasteiger partial charge in [-0.15, -0.1) is 0 Å². The lowest BCUT2D eigenvalue weighted by Gasteiger charge is -2.33. The predicted octanol–water partition coefficient (Wildman–Crippen LogP) is 1.53. The van der Waals surface area contributed by atoms with Crippen molar-refractivity contribution in [3.8, 4) is 0 Å². The highest BCUT2D eigenvalue weighted by Gasteiger charge is 2.30. The van der Waals surface area contributed by atoms with E-state index in [1.54, 1.807) is 27.8 Å². The fourth-order valence-corrected chi connectivity index (χ4v) is 1.22. The fraction of sp³-hybridized carbons (Fsp3) is 0.923. The minimum absolute atomic E-state index is 0.294. The van der Waals surface area contributed by atoms with Gasteiger partial charge in [0, 0.05) is 13.1 Å². The number of amides is 1. The maximum absolute atomic E-state index is 12.0. The lowest BCUT2D eigenvalue weighted by Crippen LogP contribution is -2.49. The Kier molecular flexibility index (Phi) is 6.76. The largest absolute Gasteiger partial charge is 0.444 e. The van der Waals surface area contributed by atoms with E-state index in [9.17, 15) is 9.90 Å². The average molecular weight is 276 g/mol. The van der Waals surface area contributed by atoms with Crippen LogP contribution in [-0.4, -0.2) is 53.9 Å². The standard InChI is InChI=1S/C13H28N2O4/c1-12(2,3)18-10(16)15(9-8-14-7)11(17)19-13(4,5)6/h10,14,16H,8-9H2,1-7H3. The molecule has 0 aromatic carbocycles. The van der Waals surface area contributed by atoms with Gasteiger partial charge in [0.1, 0.15) is 5.60 Å². The molecule has 0 heterocycles. The summed E-state index contributed by atoms with van der Waals surface area (Å²) in [7, 11) is 1.77. The molecular formula is C13H28N2O4. The number of aliphatic hydroxyl groups is 1. The molecule has 114 valence electrons. The Hall–Kier alpha value is -0.850. The minimum atomic E-state index is -1.33. The smallest absolute Gasteiger partial charge is 0.414 e. The van der Waals surface area contributed by atoms with Crippen LogP contribution >= 0.6 is 0 Å². The molecule has 6 heteroatoms. The number of carbonyl (C=O) groups is 1. The van der Waals surface area contributed by atoms with Gasteiger partial charge in [0.15, 0.2) is 0 Å². The number of hydrogen-bond acceptors (Lipinski definition) is 5. The number of aliphatic hydroxyl groups excluding tert-OH is 1. The molecule has 0 bridgehead atoms. The molecule has 0 aliphatic heterocycles. The maximum Gasteiger partial charge on any atom is 0.414 e. The molecule has 2 N–H and O–H groups in total. The normalized spacial score (nSPS) is 14.1. The van der Waals surface area contributed by atoms with Crippen molar-refractivity contribution >= 4 is 6.09 Å². The van der Waals surface area contributed by atoms with Crippen LogP contribution in [0.1, 0.15) is 41.5 Å². The van der Waals surface area contributed by atoms with Crippen LogP contribution in [0.3, 0.4) is 0 Å². The Morgan fingerprint density at radius 2 is 1.74 bits per heavy atom. The van der Waals surface area contributed by atoms with Crippen molar-refractivity contribution in [3.63, 3.8) is 0 Å². The van der Waals surface area contributed by atoms with Gasteiger partial charge in [-0.1, -0.05) is 0 Å². The quantitative estimate of drug-likeness (QED) is 0.745. The fourth-order valence-electron chi connectivity index (χ4n) is 1.22. The maximum atomic E-state index is 12.0. The Bertz CT molecular complexity index is 281. The summed E-state index contributed by atoms with van der Waals surface area (Å²) in [5.74, 6) is 0. The summed E-state index contributed by atoms with van der Waals surface area (Å²) < 4.78 is 10.6. The van der Waals surface area contributed by atoms with Gasteiger partial charge in [-0.25, -0.2) is 4.79 Å². The van der Waals surface area contributed by atoms with E-state index >= 15 is 0 Å². The Labute approximate surface area is 116 Å². The van der Waals surface area contributed by atoms with Crippen LogP contribution in [0.4, 0.5) is 4.79 Å². The van der Waals surface area contributed by atoms with Crippen LogP contribution in [0.5, 0.6) is 0 Å². The Morgan fingerprint density at radius 1 is 1.21 bits per heavy atom. The minimum Gasteiger partial charge on any atom is -0.444 e. The summed E-state index contributed by atoms with van der Waals surface area (Å²) in [4.78, 5) is 13.2. The average Bonchev–Trinajstić information content (AvgIpc) is 2.12. The Morgan fingerprint density at radius 3 is 2.11 bits per heavy atom. The number of likely N-dealkylation sites (N-methyl/N-ethyl adjacent to an activating group) is 1. The summed E-state index contributed by atoms with van der Waals surface area (Å²) in [5.41, 5.74) is -1.17. The number of nitrogens with one attached hydrogen (secondary N) is 1. The van der Waals surface area contributed by atoms with Gasteiger partial charge in [-0.2, -0.15) is 0 Å². The highest BCUT2D eigenvalue weighted by Crippen LogP contribution is 2.15. The molecule has 0 aliphatic rings. The van der Waals surface area contributed by atoms with E-state index in [0.29, 0.717) is 13.1 Å². The van der Waals surface area contributed by atoms with Gasteiger partial charge in [-0.05, 0) is 48.6 Å². The number of rotatable bonds is 5. The van der Waals surface area contributed by atoms with Crippen molar-refractivity contribution in [3.05, 3.63) is 0 Å². The van der Waals surface area contributed by atoms with E-state index in [-0.39, 0.29) is 0 Å². The number of hydrogen-bond donors (Lipinski definition) is 2. The van der Waals surface area contributed by atoms with Crippen LogP contribution in [-0.2, 0) is 9.47 Å². The molecule has 19 heavy (non-hydrogen) atoms. The van der Waals surface area contributed by atoms with Gasteiger partial charge in [0.05, 0.1) is 5.60 Å². The molecule has 1 unspecified atom stereocenters. The molecule has 0 radical (unpaired) electrons. The lowest BCUT2D eigenvalue weighted by atomic mass is 10.2. The van der Waals surface area contributed by atoms with E-state index in [0.717, 1.165) is 4.90 Å². The van der Waals surface area contributed by atoms with E-state index in [2.05, 4.69) is 5.32 Å². The van der Waals surface area contributed by atoms with Crippen LogP contribution in [0.15, 0.2) is 0 Å². The molecule has 0 aromatic rings. The molecular weight excluding hydrogens is 248 g/mol. The monoisotopic (exact) mass is 276 g/mol. The van der Waals surface area contributed by atoms with Crippen molar-refractivity contribution in [2.45, 2.75) is 59.2 Å². The molecule has 0 fully saturated rings. The Balaban J connectivity index is 4.74. The molecule has 0 aliphatic carbocycles. The van der Waals surface area contributed by atoms with Gasteiger partial charge in [0.2, 0.25) is 6.41 Å². The molecule has 0 rings (SSSR count). The second kappa shape index (κ2) is 7.07. The van der Waals surface area contributed by atoms with Crippen molar-refractivity contribution < 1.29 is 19.4 Å². The molecule has 0 aromatic heterocycles. The van der Waals surface area contributed by atoms with Gasteiger partial charge in [-0.3, -0.25) is 4.90 Å². The highest BCUT2D eigenvalue weighted by molar-refractivity contribution is 5.68. The first-order valence-corrected chi connectivity index (χ1v) is 6.46. The van der Waals surface area contributed by atoms with E-state index < -0.39 is 23.7 Å². The van der Waals surface area contributed by atoms with Crippen LogP contribution in [0, 0.1) is 0 Å². The van der Waals surface area contributed by atoms with Gasteiger partial charge >= 0.3 is 6.09 Å². The molecule has 1 amide bonds. The zero-order chi connectivity index (χ0) is 15.3. The first-order chi connectivity index (χ1) is 8.46. The summed E-state index contributed by atoms with van der Waals surface area (Å²) in [6.45, 7) is 11.6. The van der Waals surface area contributed by atoms with E-state index in [4.69, 9.17) is 9.47 Å². The number of carbonyl (C=O) groups excluding carboxylic acids is 1. The predicted molar refractivity (Wildman–Crippen MR) is 73.7 cm³/mol. The van der Waals surface area contributed by atoms with E-state index in [1.165, 1.54) is 0 Å². The highest BCUT2D eigenvalue weighted by atomic mass is 16.7. The molecule has 6 nitrogen and oxygen atoms in total. The van der Waals surface area contributed by atoms with Crippen molar-refractivity contribution in [1.82, 2.24) is 10.2 Å². The lowest BCUT2D eigenvalue weighted by molar-refractivity contribution is -0.229. The zero-order valence-corrected chi connectivity index (χ0v) is 13.1. The molecule has 1 atom stereocenters. The van der Waals surface area contributed by atoms with E-state index in [1.807, 2.05) is 20.8 Å².